The monoisotopic (exact) mass is 432 g/mol. The molecule has 0 fully saturated rings. The molecule has 0 aliphatic rings. The number of hydrogen-bond acceptors (Lipinski definition) is 4. The average molecular weight is 433 g/mol. The average Bonchev–Trinajstić information content (AvgIpc) is 2.79. The molecule has 7 heteroatoms. The van der Waals surface area contributed by atoms with Crippen LogP contribution in [-0.2, 0) is 10.0 Å². The second kappa shape index (κ2) is 8.49. The summed E-state index contributed by atoms with van der Waals surface area (Å²) < 4.78 is 33.3. The van der Waals surface area contributed by atoms with Gasteiger partial charge in [-0.2, -0.15) is 0 Å². The van der Waals surface area contributed by atoms with Crippen LogP contribution in [0.15, 0.2) is 95.9 Å². The van der Waals surface area contributed by atoms with Crippen LogP contribution in [0.3, 0.4) is 0 Å². The molecule has 4 aromatic rings. The molecule has 0 atom stereocenters. The van der Waals surface area contributed by atoms with Crippen molar-refractivity contribution in [3.05, 3.63) is 96.6 Å². The summed E-state index contributed by atoms with van der Waals surface area (Å²) in [6.07, 6.45) is 0. The minimum absolute atomic E-state index is 0.171. The molecule has 0 aliphatic carbocycles. The summed E-state index contributed by atoms with van der Waals surface area (Å²) >= 11 is 0. The quantitative estimate of drug-likeness (QED) is 0.454. The number of hydrogen-bond donors (Lipinski definition) is 2. The number of nitrogens with one attached hydrogen (secondary N) is 2. The largest absolute Gasteiger partial charge is 0.495 e. The van der Waals surface area contributed by atoms with Crippen LogP contribution in [0.25, 0.3) is 10.8 Å². The van der Waals surface area contributed by atoms with E-state index in [1.165, 1.54) is 7.11 Å². The Morgan fingerprint density at radius 1 is 0.806 bits per heavy atom. The first-order chi connectivity index (χ1) is 15.0. The molecule has 0 saturated heterocycles. The first-order valence-corrected chi connectivity index (χ1v) is 11.0. The SMILES string of the molecule is COc1ccccc1NC(=O)c1ccc(NS(=O)(=O)c2ccc3ccccc3c2)cc1. The van der Waals surface area contributed by atoms with E-state index in [0.717, 1.165) is 10.8 Å². The third-order valence-electron chi connectivity index (χ3n) is 4.79. The highest BCUT2D eigenvalue weighted by molar-refractivity contribution is 7.92. The van der Waals surface area contributed by atoms with Gasteiger partial charge in [0.2, 0.25) is 0 Å². The van der Waals surface area contributed by atoms with E-state index in [9.17, 15) is 13.2 Å². The molecule has 0 heterocycles. The maximum absolute atomic E-state index is 12.8. The third-order valence-corrected chi connectivity index (χ3v) is 6.16. The molecule has 0 aliphatic heterocycles. The summed E-state index contributed by atoms with van der Waals surface area (Å²) in [5, 5.41) is 4.59. The Morgan fingerprint density at radius 3 is 2.23 bits per heavy atom. The van der Waals surface area contributed by atoms with E-state index >= 15 is 0 Å². The van der Waals surface area contributed by atoms with Crippen molar-refractivity contribution in [2.24, 2.45) is 0 Å². The molecular weight excluding hydrogens is 412 g/mol. The van der Waals surface area contributed by atoms with Crippen molar-refractivity contribution in [3.8, 4) is 5.75 Å². The van der Waals surface area contributed by atoms with Crippen LogP contribution >= 0.6 is 0 Å². The first-order valence-electron chi connectivity index (χ1n) is 9.52. The highest BCUT2D eigenvalue weighted by atomic mass is 32.2. The number of sulfonamides is 1. The van der Waals surface area contributed by atoms with Gasteiger partial charge in [0.25, 0.3) is 15.9 Å². The van der Waals surface area contributed by atoms with Crippen molar-refractivity contribution in [3.63, 3.8) is 0 Å². The summed E-state index contributed by atoms with van der Waals surface area (Å²) in [4.78, 5) is 12.7. The zero-order valence-corrected chi connectivity index (χ0v) is 17.5. The van der Waals surface area contributed by atoms with Crippen molar-refractivity contribution in [1.82, 2.24) is 0 Å². The second-order valence-corrected chi connectivity index (χ2v) is 8.53. The topological polar surface area (TPSA) is 84.5 Å². The Bertz CT molecular complexity index is 1350. The van der Waals surface area contributed by atoms with Crippen LogP contribution in [0.1, 0.15) is 10.4 Å². The van der Waals surface area contributed by atoms with Crippen LogP contribution in [0.5, 0.6) is 5.75 Å². The van der Waals surface area contributed by atoms with Gasteiger partial charge in [0, 0.05) is 11.3 Å². The molecule has 4 rings (SSSR count). The van der Waals surface area contributed by atoms with E-state index in [0.29, 0.717) is 22.7 Å². The van der Waals surface area contributed by atoms with Gasteiger partial charge in [0.05, 0.1) is 17.7 Å². The molecule has 1 amide bonds. The van der Waals surface area contributed by atoms with Crippen LogP contribution < -0.4 is 14.8 Å². The van der Waals surface area contributed by atoms with Gasteiger partial charge in [-0.05, 0) is 59.3 Å². The number of rotatable bonds is 6. The summed E-state index contributed by atoms with van der Waals surface area (Å²) in [5.41, 5.74) is 1.30. The Balaban J connectivity index is 1.50. The molecule has 31 heavy (non-hydrogen) atoms. The predicted molar refractivity (Wildman–Crippen MR) is 122 cm³/mol. The lowest BCUT2D eigenvalue weighted by Crippen LogP contribution is -2.14. The fourth-order valence-electron chi connectivity index (χ4n) is 3.18. The maximum atomic E-state index is 12.8. The van der Waals surface area contributed by atoms with E-state index in [1.54, 1.807) is 60.7 Å². The van der Waals surface area contributed by atoms with Gasteiger partial charge in [0.15, 0.2) is 0 Å². The molecular formula is C24H20N2O4S. The Labute approximate surface area is 180 Å². The molecule has 2 N–H and O–H groups in total. The van der Waals surface area contributed by atoms with Gasteiger partial charge >= 0.3 is 0 Å². The lowest BCUT2D eigenvalue weighted by molar-refractivity contribution is 0.102. The van der Waals surface area contributed by atoms with E-state index in [4.69, 9.17) is 4.74 Å². The highest BCUT2D eigenvalue weighted by Crippen LogP contribution is 2.25. The molecule has 0 saturated carbocycles. The molecule has 0 unspecified atom stereocenters. The molecule has 0 spiro atoms. The maximum Gasteiger partial charge on any atom is 0.261 e. The van der Waals surface area contributed by atoms with Crippen LogP contribution in [0.4, 0.5) is 11.4 Å². The molecule has 6 nitrogen and oxygen atoms in total. The molecule has 4 aromatic carbocycles. The van der Waals surface area contributed by atoms with Crippen molar-refractivity contribution in [2.45, 2.75) is 4.90 Å². The summed E-state index contributed by atoms with van der Waals surface area (Å²) in [7, 11) is -2.23. The molecule has 0 bridgehead atoms. The predicted octanol–water partition coefficient (Wildman–Crippen LogP) is 4.90. The standard InChI is InChI=1S/C24H20N2O4S/c1-30-23-9-5-4-8-22(23)25-24(27)18-10-13-20(14-11-18)26-31(28,29)21-15-12-17-6-2-3-7-19(17)16-21/h2-16,26H,1H3,(H,25,27). The Morgan fingerprint density at radius 2 is 1.48 bits per heavy atom. The summed E-state index contributed by atoms with van der Waals surface area (Å²) in [5.74, 6) is 0.226. The van der Waals surface area contributed by atoms with Gasteiger partial charge in [-0.3, -0.25) is 9.52 Å². The van der Waals surface area contributed by atoms with Crippen LogP contribution in [0, 0.1) is 0 Å². The fourth-order valence-corrected chi connectivity index (χ4v) is 4.27. The number of ether oxygens (including phenoxy) is 1. The number of carbonyl (C=O) groups excluding carboxylic acids is 1. The van der Waals surface area contributed by atoms with Crippen LogP contribution in [0.2, 0.25) is 0 Å². The van der Waals surface area contributed by atoms with E-state index in [1.807, 2.05) is 30.3 Å². The third kappa shape index (κ3) is 4.51. The van der Waals surface area contributed by atoms with Crippen LogP contribution in [-0.4, -0.2) is 21.4 Å². The van der Waals surface area contributed by atoms with Gasteiger partial charge in [-0.15, -0.1) is 0 Å². The minimum Gasteiger partial charge on any atom is -0.495 e. The number of carbonyl (C=O) groups is 1. The van der Waals surface area contributed by atoms with Gasteiger partial charge in [0.1, 0.15) is 5.75 Å². The fraction of sp³-hybridized carbons (Fsp3) is 0.0417. The van der Waals surface area contributed by atoms with Crippen molar-refractivity contribution in [2.75, 3.05) is 17.1 Å². The highest BCUT2D eigenvalue weighted by Gasteiger charge is 2.15. The number of anilines is 2. The van der Waals surface area contributed by atoms with E-state index in [-0.39, 0.29) is 10.8 Å². The molecule has 0 radical (unpaired) electrons. The van der Waals surface area contributed by atoms with Crippen molar-refractivity contribution < 1.29 is 17.9 Å². The van der Waals surface area contributed by atoms with E-state index in [2.05, 4.69) is 10.0 Å². The Kier molecular flexibility index (Phi) is 5.60. The lowest BCUT2D eigenvalue weighted by atomic mass is 10.1. The van der Waals surface area contributed by atoms with Gasteiger partial charge in [-0.1, -0.05) is 42.5 Å². The minimum atomic E-state index is -3.76. The zero-order chi connectivity index (χ0) is 21.8. The smallest absolute Gasteiger partial charge is 0.261 e. The molecule has 0 aromatic heterocycles. The number of amides is 1. The van der Waals surface area contributed by atoms with Crippen molar-refractivity contribution >= 4 is 38.1 Å². The summed E-state index contributed by atoms with van der Waals surface area (Å²) in [6.45, 7) is 0. The zero-order valence-electron chi connectivity index (χ0n) is 16.7. The molecule has 156 valence electrons. The van der Waals surface area contributed by atoms with E-state index < -0.39 is 10.0 Å². The van der Waals surface area contributed by atoms with Gasteiger partial charge in [-0.25, -0.2) is 8.42 Å². The number of benzene rings is 4. The summed E-state index contributed by atoms with van der Waals surface area (Å²) in [6, 6.07) is 25.8. The normalized spacial score (nSPS) is 11.1. The number of para-hydroxylation sites is 2. The van der Waals surface area contributed by atoms with Crippen molar-refractivity contribution in [1.29, 1.82) is 0 Å². The second-order valence-electron chi connectivity index (χ2n) is 6.85. The number of methoxy groups -OCH3 is 1. The number of fused-ring (bicyclic) bond motifs is 1. The first kappa shape index (κ1) is 20.4. The lowest BCUT2D eigenvalue weighted by Gasteiger charge is -2.11. The van der Waals surface area contributed by atoms with Gasteiger partial charge < -0.3 is 10.1 Å². The Hall–Kier alpha value is -3.84.